The average molecular weight is 359 g/mol. The third-order valence-electron chi connectivity index (χ3n) is 3.80. The van der Waals surface area contributed by atoms with E-state index >= 15 is 0 Å². The number of carbonyl (C=O) groups excluding carboxylic acids is 1. The van der Waals surface area contributed by atoms with Gasteiger partial charge in [0.15, 0.2) is 5.76 Å². The molecule has 0 spiro atoms. The summed E-state index contributed by atoms with van der Waals surface area (Å²) in [5.74, 6) is 1.21. The van der Waals surface area contributed by atoms with E-state index in [1.807, 2.05) is 0 Å². The van der Waals surface area contributed by atoms with Crippen LogP contribution in [0.25, 0.3) is 11.6 Å². The van der Waals surface area contributed by atoms with Gasteiger partial charge in [-0.15, -0.1) is 5.10 Å². The summed E-state index contributed by atoms with van der Waals surface area (Å²) in [5, 5.41) is 24.6. The molecule has 1 amide bonds. The van der Waals surface area contributed by atoms with Crippen LogP contribution in [0.3, 0.4) is 0 Å². The number of aromatic nitrogens is 5. The van der Waals surface area contributed by atoms with Crippen molar-refractivity contribution in [1.29, 1.82) is 0 Å². The summed E-state index contributed by atoms with van der Waals surface area (Å²) in [5.41, 5.74) is 0.746. The summed E-state index contributed by atoms with van der Waals surface area (Å²) in [6.45, 7) is 3.62. The van der Waals surface area contributed by atoms with E-state index in [1.54, 1.807) is 26.0 Å². The lowest BCUT2D eigenvalue weighted by atomic mass is 10.3. The zero-order valence-electron chi connectivity index (χ0n) is 14.2. The Kier molecular flexibility index (Phi) is 4.78. The van der Waals surface area contributed by atoms with Gasteiger partial charge in [-0.2, -0.15) is 5.10 Å². The van der Waals surface area contributed by atoms with Crippen molar-refractivity contribution in [2.75, 3.05) is 0 Å². The maximum atomic E-state index is 12.0. The van der Waals surface area contributed by atoms with Crippen LogP contribution in [-0.2, 0) is 17.9 Å². The molecule has 136 valence electrons. The first kappa shape index (κ1) is 17.3. The molecule has 3 aromatic heterocycles. The van der Waals surface area contributed by atoms with Crippen molar-refractivity contribution in [2.24, 2.45) is 0 Å². The zero-order valence-corrected chi connectivity index (χ0v) is 14.2. The monoisotopic (exact) mass is 359 g/mol. The number of nitrogens with zero attached hydrogens (tertiary/aromatic N) is 5. The van der Waals surface area contributed by atoms with E-state index in [9.17, 15) is 14.9 Å². The summed E-state index contributed by atoms with van der Waals surface area (Å²) in [7, 11) is 0. The van der Waals surface area contributed by atoms with Gasteiger partial charge in [0.1, 0.15) is 17.2 Å². The van der Waals surface area contributed by atoms with Crippen molar-refractivity contribution in [1.82, 2.24) is 30.3 Å². The number of nitro groups is 1. The molecule has 0 saturated heterocycles. The molecule has 0 aliphatic heterocycles. The first-order valence-electron chi connectivity index (χ1n) is 7.86. The number of hydrogen-bond acceptors (Lipinski definition) is 7. The lowest BCUT2D eigenvalue weighted by molar-refractivity contribution is -0.386. The van der Waals surface area contributed by atoms with E-state index in [0.29, 0.717) is 28.8 Å². The molecular formula is C15H17N7O4. The van der Waals surface area contributed by atoms with Crippen molar-refractivity contribution in [3.8, 4) is 11.6 Å². The molecule has 0 unspecified atom stereocenters. The van der Waals surface area contributed by atoms with Gasteiger partial charge < -0.3 is 9.73 Å². The summed E-state index contributed by atoms with van der Waals surface area (Å²) in [6, 6.07) is 3.47. The van der Waals surface area contributed by atoms with Crippen LogP contribution in [-0.4, -0.2) is 35.8 Å². The molecule has 11 nitrogen and oxygen atoms in total. The number of amides is 1. The topological polar surface area (TPSA) is 145 Å². The van der Waals surface area contributed by atoms with Gasteiger partial charge in [-0.1, -0.05) is 0 Å². The predicted octanol–water partition coefficient (Wildman–Crippen LogP) is 1.49. The number of aromatic amines is 1. The Morgan fingerprint density at radius 3 is 2.92 bits per heavy atom. The summed E-state index contributed by atoms with van der Waals surface area (Å²) in [6.07, 6.45) is 1.66. The molecule has 0 aliphatic carbocycles. The number of furan rings is 1. The number of aryl methyl sites for hydroxylation is 2. The quantitative estimate of drug-likeness (QED) is 0.480. The fourth-order valence-corrected chi connectivity index (χ4v) is 2.54. The highest BCUT2D eigenvalue weighted by Crippen LogP contribution is 2.21. The van der Waals surface area contributed by atoms with Crippen molar-refractivity contribution in [3.05, 3.63) is 45.7 Å². The highest BCUT2D eigenvalue weighted by Gasteiger charge is 2.21. The number of carbonyl (C=O) groups is 1. The minimum absolute atomic E-state index is 0.0162. The fraction of sp³-hybridized carbons (Fsp3) is 0.333. The molecule has 0 aromatic carbocycles. The first-order valence-corrected chi connectivity index (χ1v) is 7.86. The van der Waals surface area contributed by atoms with E-state index in [-0.39, 0.29) is 31.1 Å². The Hall–Kier alpha value is -3.50. The smallest absolute Gasteiger partial charge is 0.312 e. The zero-order chi connectivity index (χ0) is 18.7. The largest absolute Gasteiger partial charge is 0.461 e. The van der Waals surface area contributed by atoms with Gasteiger partial charge in [0.05, 0.1) is 24.3 Å². The Labute approximate surface area is 147 Å². The van der Waals surface area contributed by atoms with Crippen LogP contribution in [0.4, 0.5) is 5.69 Å². The second-order valence-corrected chi connectivity index (χ2v) is 5.61. The van der Waals surface area contributed by atoms with Crippen LogP contribution < -0.4 is 5.32 Å². The van der Waals surface area contributed by atoms with Gasteiger partial charge in [0.25, 0.3) is 0 Å². The lowest BCUT2D eigenvalue weighted by Gasteiger charge is -2.04. The van der Waals surface area contributed by atoms with Crippen molar-refractivity contribution in [2.45, 2.75) is 33.4 Å². The third kappa shape index (κ3) is 3.61. The number of nitrogens with one attached hydrogen (secondary N) is 2. The third-order valence-corrected chi connectivity index (χ3v) is 3.80. The highest BCUT2D eigenvalue weighted by atomic mass is 16.6. The molecule has 3 rings (SSSR count). The normalized spacial score (nSPS) is 10.8. The minimum atomic E-state index is -0.464. The lowest BCUT2D eigenvalue weighted by Crippen LogP contribution is -2.24. The molecule has 0 saturated carbocycles. The number of rotatable bonds is 7. The van der Waals surface area contributed by atoms with Crippen LogP contribution >= 0.6 is 0 Å². The van der Waals surface area contributed by atoms with E-state index in [4.69, 9.17) is 4.42 Å². The molecule has 2 N–H and O–H groups in total. The van der Waals surface area contributed by atoms with Crippen molar-refractivity contribution in [3.63, 3.8) is 0 Å². The standard InChI is InChI=1S/C15H17N7O4/c1-9-14(22(24)25)10(2)21(20-9)6-5-13(23)16-8-12-17-15(19-18-12)11-4-3-7-26-11/h3-4,7H,5-6,8H2,1-2H3,(H,16,23)(H,17,18,19). The molecule has 3 heterocycles. The maximum absolute atomic E-state index is 12.0. The Bertz CT molecular complexity index is 926. The predicted molar refractivity (Wildman–Crippen MR) is 88.9 cm³/mol. The molecule has 0 atom stereocenters. The Balaban J connectivity index is 1.52. The van der Waals surface area contributed by atoms with Crippen LogP contribution in [0.2, 0.25) is 0 Å². The maximum Gasteiger partial charge on any atom is 0.312 e. The van der Waals surface area contributed by atoms with Gasteiger partial charge in [-0.3, -0.25) is 24.7 Å². The molecule has 0 radical (unpaired) electrons. The van der Waals surface area contributed by atoms with Gasteiger partial charge in [-0.05, 0) is 26.0 Å². The van der Waals surface area contributed by atoms with Gasteiger partial charge in [-0.25, -0.2) is 4.98 Å². The Morgan fingerprint density at radius 1 is 1.46 bits per heavy atom. The highest BCUT2D eigenvalue weighted by molar-refractivity contribution is 5.75. The van der Waals surface area contributed by atoms with E-state index in [2.05, 4.69) is 25.6 Å². The van der Waals surface area contributed by atoms with Gasteiger partial charge in [0.2, 0.25) is 11.7 Å². The number of hydrogen-bond donors (Lipinski definition) is 2. The SMILES string of the molecule is Cc1nn(CCC(=O)NCc2nc(-c3ccco3)n[nH]2)c(C)c1[N+](=O)[O-]. The van der Waals surface area contributed by atoms with E-state index in [0.717, 1.165) is 0 Å². The first-order chi connectivity index (χ1) is 12.5. The molecular weight excluding hydrogens is 342 g/mol. The Morgan fingerprint density at radius 2 is 2.27 bits per heavy atom. The van der Waals surface area contributed by atoms with Crippen LogP contribution in [0.5, 0.6) is 0 Å². The van der Waals surface area contributed by atoms with Crippen LogP contribution in [0, 0.1) is 24.0 Å². The average Bonchev–Trinajstić information content (AvgIpc) is 3.31. The van der Waals surface area contributed by atoms with E-state index in [1.165, 1.54) is 10.9 Å². The molecule has 11 heteroatoms. The van der Waals surface area contributed by atoms with Crippen LogP contribution in [0.15, 0.2) is 22.8 Å². The fourth-order valence-electron chi connectivity index (χ4n) is 2.54. The summed E-state index contributed by atoms with van der Waals surface area (Å²) >= 11 is 0. The summed E-state index contributed by atoms with van der Waals surface area (Å²) < 4.78 is 6.66. The van der Waals surface area contributed by atoms with Crippen LogP contribution in [0.1, 0.15) is 23.6 Å². The molecule has 26 heavy (non-hydrogen) atoms. The van der Waals surface area contributed by atoms with Crippen molar-refractivity contribution >= 4 is 11.6 Å². The number of H-pyrrole nitrogens is 1. The van der Waals surface area contributed by atoms with Gasteiger partial charge >= 0.3 is 5.69 Å². The van der Waals surface area contributed by atoms with Crippen molar-refractivity contribution < 1.29 is 14.1 Å². The van der Waals surface area contributed by atoms with Gasteiger partial charge in [0, 0.05) is 6.42 Å². The molecule has 3 aromatic rings. The molecule has 0 aliphatic rings. The van der Waals surface area contributed by atoms with E-state index < -0.39 is 4.92 Å². The molecule has 0 bridgehead atoms. The second-order valence-electron chi connectivity index (χ2n) is 5.61. The second kappa shape index (κ2) is 7.17. The minimum Gasteiger partial charge on any atom is -0.461 e. The molecule has 0 fully saturated rings. The summed E-state index contributed by atoms with van der Waals surface area (Å²) in [4.78, 5) is 26.7.